The van der Waals surface area contributed by atoms with E-state index in [2.05, 4.69) is 5.32 Å². The number of aliphatic hydroxyl groups is 1. The lowest BCUT2D eigenvalue weighted by molar-refractivity contribution is -0.110. The molecule has 1 unspecified atom stereocenters. The van der Waals surface area contributed by atoms with Gasteiger partial charge in [-0.05, 0) is 0 Å². The van der Waals surface area contributed by atoms with Crippen LogP contribution < -0.4 is 11.1 Å². The molecule has 4 nitrogen and oxygen atoms in total. The first-order valence-electron chi connectivity index (χ1n) is 2.35. The molecule has 0 saturated carbocycles. The zero-order chi connectivity index (χ0) is 6.41. The highest BCUT2D eigenvalue weighted by Crippen LogP contribution is 1.71. The third kappa shape index (κ3) is 2.54. The van der Waals surface area contributed by atoms with Gasteiger partial charge in [-0.25, -0.2) is 0 Å². The van der Waals surface area contributed by atoms with Crippen LogP contribution in [0.1, 0.15) is 0 Å². The van der Waals surface area contributed by atoms with E-state index >= 15 is 0 Å². The van der Waals surface area contributed by atoms with Crippen LogP contribution in [0.2, 0.25) is 0 Å². The van der Waals surface area contributed by atoms with E-state index in [4.69, 9.17) is 10.8 Å². The zero-order valence-corrected chi connectivity index (χ0v) is 4.50. The van der Waals surface area contributed by atoms with Crippen molar-refractivity contribution in [2.24, 2.45) is 5.73 Å². The minimum absolute atomic E-state index is 0.102. The molecule has 0 aromatic heterocycles. The summed E-state index contributed by atoms with van der Waals surface area (Å²) in [5.74, 6) is 0. The van der Waals surface area contributed by atoms with E-state index in [0.29, 0.717) is 6.41 Å². The Balaban J connectivity index is 3.20. The van der Waals surface area contributed by atoms with Crippen LogP contribution in [0.5, 0.6) is 0 Å². The molecule has 8 heavy (non-hydrogen) atoms. The molecule has 0 fully saturated rings. The Labute approximate surface area is 47.7 Å². The topological polar surface area (TPSA) is 75.3 Å². The second-order valence-electron chi connectivity index (χ2n) is 1.40. The SMILES string of the molecule is NCC(CO)NC=O. The maximum Gasteiger partial charge on any atom is 0.207 e. The fourth-order valence-electron chi connectivity index (χ4n) is 0.292. The van der Waals surface area contributed by atoms with Gasteiger partial charge >= 0.3 is 0 Å². The maximum atomic E-state index is 9.66. The van der Waals surface area contributed by atoms with Crippen LogP contribution in [0.15, 0.2) is 0 Å². The van der Waals surface area contributed by atoms with Gasteiger partial charge in [0.15, 0.2) is 0 Å². The summed E-state index contributed by atoms with van der Waals surface area (Å²) in [5, 5.41) is 10.7. The summed E-state index contributed by atoms with van der Waals surface area (Å²) in [5.41, 5.74) is 5.09. The Bertz CT molecular complexity index is 63.1. The molecule has 4 N–H and O–H groups in total. The van der Waals surface area contributed by atoms with Crippen LogP contribution in [-0.4, -0.2) is 30.7 Å². The van der Waals surface area contributed by atoms with E-state index in [-0.39, 0.29) is 19.2 Å². The molecular formula is C4H10N2O2. The average Bonchev–Trinajstić information content (AvgIpc) is 1.83. The standard InChI is InChI=1S/C4H10N2O2/c5-1-4(2-7)6-3-8/h3-4,7H,1-2,5H2,(H,6,8). The highest BCUT2D eigenvalue weighted by atomic mass is 16.3. The normalized spacial score (nSPS) is 12.8. The maximum absolute atomic E-state index is 9.66. The third-order valence-corrected chi connectivity index (χ3v) is 0.809. The Kier molecular flexibility index (Phi) is 4.20. The molecule has 0 aliphatic rings. The van der Waals surface area contributed by atoms with Crippen molar-refractivity contribution in [2.45, 2.75) is 6.04 Å². The minimum Gasteiger partial charge on any atom is -0.394 e. The highest BCUT2D eigenvalue weighted by molar-refractivity contribution is 5.46. The van der Waals surface area contributed by atoms with Crippen molar-refractivity contribution >= 4 is 6.41 Å². The Morgan fingerprint density at radius 3 is 2.62 bits per heavy atom. The van der Waals surface area contributed by atoms with Gasteiger partial charge in [0.05, 0.1) is 12.6 Å². The van der Waals surface area contributed by atoms with Gasteiger partial charge in [0.1, 0.15) is 0 Å². The lowest BCUT2D eigenvalue weighted by atomic mass is 10.3. The molecule has 48 valence electrons. The van der Waals surface area contributed by atoms with E-state index in [1.54, 1.807) is 0 Å². The largest absolute Gasteiger partial charge is 0.394 e. The number of nitrogens with two attached hydrogens (primary N) is 1. The predicted molar refractivity (Wildman–Crippen MR) is 29.1 cm³/mol. The van der Waals surface area contributed by atoms with E-state index in [9.17, 15) is 4.79 Å². The molecule has 0 aromatic carbocycles. The van der Waals surface area contributed by atoms with Gasteiger partial charge in [-0.3, -0.25) is 4.79 Å². The van der Waals surface area contributed by atoms with Crippen molar-refractivity contribution in [2.75, 3.05) is 13.2 Å². The van der Waals surface area contributed by atoms with Crippen molar-refractivity contribution in [3.8, 4) is 0 Å². The van der Waals surface area contributed by atoms with Crippen LogP contribution in [0.4, 0.5) is 0 Å². The first-order chi connectivity index (χ1) is 3.85. The van der Waals surface area contributed by atoms with Gasteiger partial charge in [0, 0.05) is 6.54 Å². The van der Waals surface area contributed by atoms with Crippen LogP contribution in [0.3, 0.4) is 0 Å². The fourth-order valence-corrected chi connectivity index (χ4v) is 0.292. The molecule has 0 heterocycles. The van der Waals surface area contributed by atoms with Crippen molar-refractivity contribution < 1.29 is 9.90 Å². The van der Waals surface area contributed by atoms with Crippen LogP contribution in [0.25, 0.3) is 0 Å². The van der Waals surface area contributed by atoms with Gasteiger partial charge in [0.2, 0.25) is 6.41 Å². The van der Waals surface area contributed by atoms with Crippen LogP contribution in [-0.2, 0) is 4.79 Å². The zero-order valence-electron chi connectivity index (χ0n) is 4.50. The molecule has 0 radical (unpaired) electrons. The molecule has 0 aliphatic heterocycles. The monoisotopic (exact) mass is 118 g/mol. The number of hydrogen-bond donors (Lipinski definition) is 3. The molecule has 0 aliphatic carbocycles. The Hall–Kier alpha value is -0.610. The quantitative estimate of drug-likeness (QED) is 0.376. The van der Waals surface area contributed by atoms with Crippen LogP contribution in [0, 0.1) is 0 Å². The molecule has 0 spiro atoms. The second kappa shape index (κ2) is 4.55. The van der Waals surface area contributed by atoms with Crippen molar-refractivity contribution in [1.82, 2.24) is 5.32 Å². The molecule has 1 amide bonds. The highest BCUT2D eigenvalue weighted by Gasteiger charge is 1.98. The smallest absolute Gasteiger partial charge is 0.207 e. The molecule has 1 atom stereocenters. The first-order valence-corrected chi connectivity index (χ1v) is 2.35. The van der Waals surface area contributed by atoms with E-state index in [1.807, 2.05) is 0 Å². The third-order valence-electron chi connectivity index (χ3n) is 0.809. The number of carbonyl (C=O) groups is 1. The summed E-state index contributed by atoms with van der Waals surface area (Å²) < 4.78 is 0. The fraction of sp³-hybridized carbons (Fsp3) is 0.750. The predicted octanol–water partition coefficient (Wildman–Crippen LogP) is -1.95. The van der Waals surface area contributed by atoms with E-state index < -0.39 is 0 Å². The van der Waals surface area contributed by atoms with Gasteiger partial charge in [0.25, 0.3) is 0 Å². The molecule has 0 rings (SSSR count). The summed E-state index contributed by atoms with van der Waals surface area (Å²) in [7, 11) is 0. The summed E-state index contributed by atoms with van der Waals surface area (Å²) in [6.45, 7) is 0.171. The average molecular weight is 118 g/mol. The number of amides is 1. The summed E-state index contributed by atoms with van der Waals surface area (Å²) >= 11 is 0. The van der Waals surface area contributed by atoms with E-state index in [0.717, 1.165) is 0 Å². The molecule has 0 bridgehead atoms. The minimum atomic E-state index is -0.285. The number of carbonyl (C=O) groups excluding carboxylic acids is 1. The lowest BCUT2D eigenvalue weighted by Gasteiger charge is -2.07. The molecular weight excluding hydrogens is 108 g/mol. The van der Waals surface area contributed by atoms with Crippen molar-refractivity contribution in [3.63, 3.8) is 0 Å². The lowest BCUT2D eigenvalue weighted by Crippen LogP contribution is -2.37. The molecule has 0 aromatic rings. The molecule has 4 heteroatoms. The van der Waals surface area contributed by atoms with Gasteiger partial charge in [-0.15, -0.1) is 0 Å². The summed E-state index contributed by atoms with van der Waals surface area (Å²) in [6, 6.07) is -0.285. The van der Waals surface area contributed by atoms with Gasteiger partial charge < -0.3 is 16.2 Å². The number of nitrogens with one attached hydrogen (secondary N) is 1. The Morgan fingerprint density at radius 1 is 1.88 bits per heavy atom. The number of hydrogen-bond acceptors (Lipinski definition) is 3. The number of rotatable bonds is 4. The van der Waals surface area contributed by atoms with E-state index in [1.165, 1.54) is 0 Å². The summed E-state index contributed by atoms with van der Waals surface area (Å²) in [6.07, 6.45) is 0.522. The van der Waals surface area contributed by atoms with Crippen LogP contribution >= 0.6 is 0 Å². The van der Waals surface area contributed by atoms with Crippen molar-refractivity contribution in [1.29, 1.82) is 0 Å². The first kappa shape index (κ1) is 7.39. The summed E-state index contributed by atoms with van der Waals surface area (Å²) in [4.78, 5) is 9.66. The molecule has 0 saturated heterocycles. The van der Waals surface area contributed by atoms with Gasteiger partial charge in [-0.1, -0.05) is 0 Å². The van der Waals surface area contributed by atoms with Crippen molar-refractivity contribution in [3.05, 3.63) is 0 Å². The van der Waals surface area contributed by atoms with Gasteiger partial charge in [-0.2, -0.15) is 0 Å². The second-order valence-corrected chi connectivity index (χ2v) is 1.40. The Morgan fingerprint density at radius 2 is 2.50 bits per heavy atom. The number of aliphatic hydroxyl groups excluding tert-OH is 1.